The number of nitrogens with one attached hydrogen (secondary N) is 1. The second-order valence-corrected chi connectivity index (χ2v) is 6.79. The van der Waals surface area contributed by atoms with Crippen molar-refractivity contribution in [1.82, 2.24) is 24.6 Å². The summed E-state index contributed by atoms with van der Waals surface area (Å²) < 4.78 is 1.93. The van der Waals surface area contributed by atoms with E-state index in [1.807, 2.05) is 47.1 Å². The normalized spacial score (nSPS) is 11.2. The van der Waals surface area contributed by atoms with Crippen LogP contribution >= 0.6 is 23.4 Å². The third-order valence-electron chi connectivity index (χ3n) is 3.68. The van der Waals surface area contributed by atoms with Crippen LogP contribution in [0.5, 0.6) is 0 Å². The molecule has 120 valence electrons. The van der Waals surface area contributed by atoms with Gasteiger partial charge in [-0.2, -0.15) is 0 Å². The largest absolute Gasteiger partial charge is 0.305 e. The van der Waals surface area contributed by atoms with E-state index >= 15 is 0 Å². The summed E-state index contributed by atoms with van der Waals surface area (Å²) in [5, 5.41) is 8.70. The summed E-state index contributed by atoms with van der Waals surface area (Å²) in [6.07, 6.45) is 3.82. The summed E-state index contributed by atoms with van der Waals surface area (Å²) >= 11 is 7.55. The minimum absolute atomic E-state index is 0.691. The molecule has 0 atom stereocenters. The van der Waals surface area contributed by atoms with Crippen LogP contribution in [0.2, 0.25) is 5.02 Å². The van der Waals surface area contributed by atoms with E-state index < -0.39 is 0 Å². The second kappa shape index (κ2) is 6.30. The van der Waals surface area contributed by atoms with Crippen LogP contribution in [0.25, 0.3) is 17.0 Å². The minimum atomic E-state index is 0.691. The lowest BCUT2D eigenvalue weighted by Gasteiger charge is -1.99. The third-order valence-corrected chi connectivity index (χ3v) is 4.78. The molecule has 3 heterocycles. The molecule has 0 aliphatic heterocycles. The van der Waals surface area contributed by atoms with Gasteiger partial charge in [-0.3, -0.25) is 5.10 Å². The van der Waals surface area contributed by atoms with Gasteiger partial charge in [0.05, 0.1) is 10.7 Å². The van der Waals surface area contributed by atoms with E-state index in [1.54, 1.807) is 11.8 Å². The van der Waals surface area contributed by atoms with Crippen LogP contribution in [0.3, 0.4) is 0 Å². The molecule has 0 fully saturated rings. The predicted octanol–water partition coefficient (Wildman–Crippen LogP) is 4.37. The summed E-state index contributed by atoms with van der Waals surface area (Å²) in [5.41, 5.74) is 4.08. The number of hydrogen-bond donors (Lipinski definition) is 1. The molecule has 4 aromatic rings. The van der Waals surface area contributed by atoms with Gasteiger partial charge < -0.3 is 4.40 Å². The van der Waals surface area contributed by atoms with Crippen molar-refractivity contribution >= 4 is 29.0 Å². The van der Waals surface area contributed by atoms with Gasteiger partial charge in [-0.15, -0.1) is 5.10 Å². The summed E-state index contributed by atoms with van der Waals surface area (Å²) in [7, 11) is 0. The molecular formula is C17H14ClN5S. The number of halogens is 1. The lowest BCUT2D eigenvalue weighted by Crippen LogP contribution is -1.84. The molecular weight excluding hydrogens is 342 g/mol. The minimum Gasteiger partial charge on any atom is -0.305 e. The van der Waals surface area contributed by atoms with E-state index in [1.165, 1.54) is 5.56 Å². The van der Waals surface area contributed by atoms with Crippen LogP contribution in [0, 0.1) is 6.92 Å². The number of aromatic amines is 1. The van der Waals surface area contributed by atoms with E-state index in [-0.39, 0.29) is 0 Å². The van der Waals surface area contributed by atoms with Gasteiger partial charge in [0.1, 0.15) is 5.65 Å². The Kier molecular flexibility index (Phi) is 4.00. The molecule has 0 amide bonds. The van der Waals surface area contributed by atoms with Gasteiger partial charge >= 0.3 is 0 Å². The van der Waals surface area contributed by atoms with E-state index in [0.29, 0.717) is 15.9 Å². The molecule has 0 spiro atoms. The summed E-state index contributed by atoms with van der Waals surface area (Å²) in [6.45, 7) is 2.06. The van der Waals surface area contributed by atoms with Gasteiger partial charge in [-0.25, -0.2) is 9.97 Å². The molecule has 0 radical (unpaired) electrons. The molecule has 0 aliphatic carbocycles. The predicted molar refractivity (Wildman–Crippen MR) is 96.3 cm³/mol. The van der Waals surface area contributed by atoms with Crippen LogP contribution in [0.15, 0.2) is 53.9 Å². The summed E-state index contributed by atoms with van der Waals surface area (Å²) in [5.74, 6) is 1.49. The van der Waals surface area contributed by atoms with Crippen molar-refractivity contribution in [3.8, 4) is 11.4 Å². The van der Waals surface area contributed by atoms with Gasteiger partial charge in [0, 0.05) is 23.7 Å². The summed E-state index contributed by atoms with van der Waals surface area (Å²) in [4.78, 5) is 9.13. The fraction of sp³-hybridized carbons (Fsp3) is 0.118. The van der Waals surface area contributed by atoms with Crippen molar-refractivity contribution in [2.45, 2.75) is 17.8 Å². The number of fused-ring (bicyclic) bond motifs is 1. The molecule has 0 aliphatic rings. The first-order chi connectivity index (χ1) is 11.7. The number of rotatable bonds is 4. The molecule has 1 aromatic carbocycles. The first kappa shape index (κ1) is 15.2. The molecule has 1 N–H and O–H groups in total. The smallest absolute Gasteiger partial charge is 0.209 e. The molecule has 0 unspecified atom stereocenters. The molecule has 24 heavy (non-hydrogen) atoms. The zero-order valence-electron chi connectivity index (χ0n) is 12.9. The lowest BCUT2D eigenvalue weighted by molar-refractivity contribution is 0.972. The van der Waals surface area contributed by atoms with E-state index in [9.17, 15) is 0 Å². The Hall–Kier alpha value is -2.31. The Morgan fingerprint density at radius 1 is 1.12 bits per heavy atom. The van der Waals surface area contributed by atoms with Gasteiger partial charge in [0.2, 0.25) is 5.16 Å². The molecule has 0 saturated heterocycles. The van der Waals surface area contributed by atoms with Crippen LogP contribution in [0.1, 0.15) is 11.3 Å². The first-order valence-electron chi connectivity index (χ1n) is 7.43. The maximum Gasteiger partial charge on any atom is 0.209 e. The van der Waals surface area contributed by atoms with Crippen molar-refractivity contribution in [2.24, 2.45) is 0 Å². The highest BCUT2D eigenvalue weighted by atomic mass is 35.5. The number of pyridine rings is 1. The maximum atomic E-state index is 6.00. The zero-order chi connectivity index (χ0) is 16.5. The Morgan fingerprint density at radius 2 is 2.00 bits per heavy atom. The Balaban J connectivity index is 1.50. The van der Waals surface area contributed by atoms with Crippen molar-refractivity contribution in [3.63, 3.8) is 0 Å². The molecule has 5 nitrogen and oxygen atoms in total. The average molecular weight is 356 g/mol. The first-order valence-corrected chi connectivity index (χ1v) is 8.80. The van der Waals surface area contributed by atoms with E-state index in [2.05, 4.69) is 33.2 Å². The molecule has 0 saturated carbocycles. The maximum absolute atomic E-state index is 6.00. The van der Waals surface area contributed by atoms with Crippen molar-refractivity contribution in [1.29, 1.82) is 0 Å². The molecule has 0 bridgehead atoms. The van der Waals surface area contributed by atoms with Gasteiger partial charge in [-0.1, -0.05) is 47.6 Å². The van der Waals surface area contributed by atoms with E-state index in [0.717, 1.165) is 22.7 Å². The highest BCUT2D eigenvalue weighted by molar-refractivity contribution is 7.98. The van der Waals surface area contributed by atoms with Crippen molar-refractivity contribution in [3.05, 3.63) is 65.1 Å². The molecule has 7 heteroatoms. The van der Waals surface area contributed by atoms with Gasteiger partial charge in [0.15, 0.2) is 5.82 Å². The number of benzene rings is 1. The zero-order valence-corrected chi connectivity index (χ0v) is 14.5. The number of H-pyrrole nitrogens is 1. The highest BCUT2D eigenvalue weighted by Crippen LogP contribution is 2.24. The fourth-order valence-corrected chi connectivity index (χ4v) is 3.35. The number of thioether (sulfide) groups is 1. The van der Waals surface area contributed by atoms with E-state index in [4.69, 9.17) is 11.6 Å². The molecule has 4 rings (SSSR count). The average Bonchev–Trinajstić information content (AvgIpc) is 3.19. The van der Waals surface area contributed by atoms with Crippen LogP contribution in [-0.4, -0.2) is 24.6 Å². The Bertz CT molecular complexity index is 1010. The molecule has 3 aromatic heterocycles. The monoisotopic (exact) mass is 355 g/mol. The van der Waals surface area contributed by atoms with Crippen LogP contribution in [0.4, 0.5) is 0 Å². The van der Waals surface area contributed by atoms with Gasteiger partial charge in [0.25, 0.3) is 0 Å². The summed E-state index contributed by atoms with van der Waals surface area (Å²) in [6, 6.07) is 11.9. The van der Waals surface area contributed by atoms with Crippen molar-refractivity contribution < 1.29 is 0 Å². The Morgan fingerprint density at radius 3 is 2.88 bits per heavy atom. The number of imidazole rings is 1. The number of hydrogen-bond acceptors (Lipinski definition) is 4. The quantitative estimate of drug-likeness (QED) is 0.552. The van der Waals surface area contributed by atoms with Gasteiger partial charge in [-0.05, 0) is 24.6 Å². The topological polar surface area (TPSA) is 58.9 Å². The number of aryl methyl sites for hydroxylation is 1. The lowest BCUT2D eigenvalue weighted by atomic mass is 10.1. The number of aromatic nitrogens is 5. The highest BCUT2D eigenvalue weighted by Gasteiger charge is 2.09. The second-order valence-electron chi connectivity index (χ2n) is 5.42. The SMILES string of the molecule is Cc1ccccc1-c1nc(SCc2cn3cc(Cl)ccc3n2)n[nH]1. The van der Waals surface area contributed by atoms with Crippen LogP contribution in [-0.2, 0) is 5.75 Å². The number of nitrogens with zero attached hydrogens (tertiary/aromatic N) is 4. The Labute approximate surface area is 148 Å². The van der Waals surface area contributed by atoms with Crippen LogP contribution < -0.4 is 0 Å². The fourth-order valence-electron chi connectivity index (χ4n) is 2.50. The van der Waals surface area contributed by atoms with Crippen molar-refractivity contribution in [2.75, 3.05) is 0 Å². The third kappa shape index (κ3) is 3.02. The standard InChI is InChI=1S/C17H14ClN5S/c1-11-4-2-3-5-14(11)16-20-17(22-21-16)24-10-13-9-23-8-12(18)6-7-15(23)19-13/h2-9H,10H2,1H3,(H,20,21,22).